The zero-order valence-electron chi connectivity index (χ0n) is 14.3. The van der Waals surface area contributed by atoms with Crippen molar-refractivity contribution in [2.45, 2.75) is 64.1 Å². The summed E-state index contributed by atoms with van der Waals surface area (Å²) in [7, 11) is -1.95. The Morgan fingerprint density at radius 1 is 1.36 bits per heavy atom. The number of hydrogen-bond acceptors (Lipinski definition) is 5. The Kier molecular flexibility index (Phi) is 5.11. The molecule has 0 unspecified atom stereocenters. The second-order valence-electron chi connectivity index (χ2n) is 7.60. The normalized spacial score (nSPS) is 31.5. The standard InChI is InChI=1S/C15H27NO4SSi/c1-9(20-22(5,6)15(2,3)4)10-11(16-13(10)17)12-14(18)21-8-7-19-12/h9-12H,7-8H2,1-6H3,(H,16,17)/t9-,10-,11+,12-/m1/s1. The number of ether oxygens (including phenoxy) is 1. The Hall–Kier alpha value is -0.373. The number of amides is 1. The molecular formula is C15H27NO4SSi. The number of carbonyl (C=O) groups is 2. The van der Waals surface area contributed by atoms with E-state index >= 15 is 0 Å². The van der Waals surface area contributed by atoms with E-state index in [1.807, 2.05) is 6.92 Å². The molecule has 0 bridgehead atoms. The monoisotopic (exact) mass is 345 g/mol. The Bertz CT molecular complexity index is 463. The van der Waals surface area contributed by atoms with E-state index in [1.54, 1.807) is 0 Å². The van der Waals surface area contributed by atoms with Gasteiger partial charge in [0.05, 0.1) is 24.7 Å². The molecule has 4 atom stereocenters. The number of rotatable bonds is 4. The summed E-state index contributed by atoms with van der Waals surface area (Å²) < 4.78 is 11.9. The third kappa shape index (κ3) is 3.42. The van der Waals surface area contributed by atoms with Crippen molar-refractivity contribution in [3.8, 4) is 0 Å². The minimum absolute atomic E-state index is 0.0146. The maximum Gasteiger partial charge on any atom is 0.228 e. The summed E-state index contributed by atoms with van der Waals surface area (Å²) in [5, 5.41) is 2.94. The molecular weight excluding hydrogens is 318 g/mol. The van der Waals surface area contributed by atoms with Crippen molar-refractivity contribution >= 4 is 31.1 Å². The first-order valence-corrected chi connectivity index (χ1v) is 11.7. The fourth-order valence-electron chi connectivity index (χ4n) is 2.62. The minimum atomic E-state index is -1.95. The highest BCUT2D eigenvalue weighted by atomic mass is 32.2. The number of nitrogens with one attached hydrogen (secondary N) is 1. The predicted molar refractivity (Wildman–Crippen MR) is 90.4 cm³/mol. The molecule has 2 fully saturated rings. The van der Waals surface area contributed by atoms with E-state index in [1.165, 1.54) is 11.8 Å². The predicted octanol–water partition coefficient (Wildman–Crippen LogP) is 2.17. The van der Waals surface area contributed by atoms with Crippen LogP contribution in [0.3, 0.4) is 0 Å². The van der Waals surface area contributed by atoms with Gasteiger partial charge in [0.15, 0.2) is 8.32 Å². The lowest BCUT2D eigenvalue weighted by Gasteiger charge is -2.47. The maximum absolute atomic E-state index is 12.0. The molecule has 1 N–H and O–H groups in total. The van der Waals surface area contributed by atoms with Gasteiger partial charge in [-0.2, -0.15) is 0 Å². The summed E-state index contributed by atoms with van der Waals surface area (Å²) in [6, 6.07) is -0.257. The highest BCUT2D eigenvalue weighted by molar-refractivity contribution is 8.13. The van der Waals surface area contributed by atoms with Crippen molar-refractivity contribution in [3.63, 3.8) is 0 Å². The van der Waals surface area contributed by atoms with Gasteiger partial charge in [-0.05, 0) is 25.1 Å². The number of β-lactam (4-membered cyclic amide) rings is 1. The molecule has 2 aliphatic rings. The molecule has 2 heterocycles. The van der Waals surface area contributed by atoms with Crippen LogP contribution in [-0.4, -0.2) is 49.9 Å². The van der Waals surface area contributed by atoms with Crippen molar-refractivity contribution in [2.24, 2.45) is 5.92 Å². The van der Waals surface area contributed by atoms with Crippen LogP contribution in [-0.2, 0) is 18.8 Å². The van der Waals surface area contributed by atoms with Crippen LogP contribution in [0.15, 0.2) is 0 Å². The lowest BCUT2D eigenvalue weighted by atomic mass is 9.83. The Balaban J connectivity index is 2.06. The lowest BCUT2D eigenvalue weighted by Crippen LogP contribution is -2.69. The molecule has 2 aliphatic heterocycles. The summed E-state index contributed by atoms with van der Waals surface area (Å²) in [6.07, 6.45) is -0.741. The topological polar surface area (TPSA) is 64.6 Å². The number of thioether (sulfide) groups is 1. The highest BCUT2D eigenvalue weighted by Crippen LogP contribution is 2.39. The minimum Gasteiger partial charge on any atom is -0.413 e. The van der Waals surface area contributed by atoms with Gasteiger partial charge in [0.1, 0.15) is 6.10 Å². The average molecular weight is 346 g/mol. The van der Waals surface area contributed by atoms with E-state index in [2.05, 4.69) is 39.2 Å². The molecule has 2 rings (SSSR count). The van der Waals surface area contributed by atoms with Crippen molar-refractivity contribution in [2.75, 3.05) is 12.4 Å². The van der Waals surface area contributed by atoms with Crippen molar-refractivity contribution < 1.29 is 18.8 Å². The quantitative estimate of drug-likeness (QED) is 0.625. The van der Waals surface area contributed by atoms with Crippen LogP contribution in [0.25, 0.3) is 0 Å². The summed E-state index contributed by atoms with van der Waals surface area (Å²) >= 11 is 1.29. The second-order valence-corrected chi connectivity index (χ2v) is 13.5. The third-order valence-corrected chi connectivity index (χ3v) is 10.4. The molecule has 0 aliphatic carbocycles. The van der Waals surface area contributed by atoms with Crippen LogP contribution in [0.5, 0.6) is 0 Å². The summed E-state index contributed by atoms with van der Waals surface area (Å²) in [5.74, 6) is 0.349. The Morgan fingerprint density at radius 3 is 2.50 bits per heavy atom. The van der Waals surface area contributed by atoms with Crippen LogP contribution >= 0.6 is 11.8 Å². The molecule has 0 radical (unpaired) electrons. The smallest absolute Gasteiger partial charge is 0.228 e. The maximum atomic E-state index is 12.0. The van der Waals surface area contributed by atoms with Gasteiger partial charge in [0.25, 0.3) is 0 Å². The van der Waals surface area contributed by atoms with Crippen LogP contribution in [0.2, 0.25) is 18.1 Å². The SMILES string of the molecule is C[C@@H](O[Si](C)(C)C(C)(C)C)[C@H]1C(=O)N[C@@H]1[C@H]1OCCSC1=O. The van der Waals surface area contributed by atoms with E-state index in [0.29, 0.717) is 12.4 Å². The molecule has 0 saturated carbocycles. The van der Waals surface area contributed by atoms with Gasteiger partial charge in [-0.1, -0.05) is 32.5 Å². The largest absolute Gasteiger partial charge is 0.413 e. The van der Waals surface area contributed by atoms with Gasteiger partial charge >= 0.3 is 0 Å². The lowest BCUT2D eigenvalue weighted by molar-refractivity contribution is -0.150. The average Bonchev–Trinajstić information content (AvgIpc) is 2.34. The van der Waals surface area contributed by atoms with Gasteiger partial charge in [-0.15, -0.1) is 0 Å². The fraction of sp³-hybridized carbons (Fsp3) is 0.867. The highest BCUT2D eigenvalue weighted by Gasteiger charge is 2.52. The van der Waals surface area contributed by atoms with Crippen LogP contribution in [0, 0.1) is 5.92 Å². The first kappa shape index (κ1) is 18.0. The molecule has 5 nitrogen and oxygen atoms in total. The van der Waals surface area contributed by atoms with E-state index in [0.717, 1.165) is 0 Å². The van der Waals surface area contributed by atoms with E-state index < -0.39 is 14.4 Å². The molecule has 1 amide bonds. The zero-order valence-corrected chi connectivity index (χ0v) is 16.1. The molecule has 22 heavy (non-hydrogen) atoms. The molecule has 2 saturated heterocycles. The van der Waals surface area contributed by atoms with Crippen LogP contribution in [0.4, 0.5) is 0 Å². The fourth-order valence-corrected chi connectivity index (χ4v) is 4.81. The first-order valence-electron chi connectivity index (χ1n) is 7.81. The molecule has 0 aromatic rings. The second kappa shape index (κ2) is 6.26. The third-order valence-electron chi connectivity index (χ3n) is 4.97. The Labute approximate surface area is 138 Å². The van der Waals surface area contributed by atoms with E-state index in [9.17, 15) is 9.59 Å². The van der Waals surface area contributed by atoms with Gasteiger partial charge in [0.2, 0.25) is 11.0 Å². The summed E-state index contributed by atoms with van der Waals surface area (Å²) in [5.41, 5.74) is 0. The van der Waals surface area contributed by atoms with Gasteiger partial charge in [0, 0.05) is 5.75 Å². The van der Waals surface area contributed by atoms with E-state index in [-0.39, 0.29) is 34.1 Å². The van der Waals surface area contributed by atoms with Crippen LogP contribution in [0.1, 0.15) is 27.7 Å². The number of carbonyl (C=O) groups excluding carboxylic acids is 2. The number of hydrogen-bond donors (Lipinski definition) is 1. The molecule has 0 aromatic heterocycles. The van der Waals surface area contributed by atoms with Crippen molar-refractivity contribution in [1.82, 2.24) is 5.32 Å². The van der Waals surface area contributed by atoms with Crippen LogP contribution < -0.4 is 5.32 Å². The summed E-state index contributed by atoms with van der Waals surface area (Å²) in [6.45, 7) is 13.4. The van der Waals surface area contributed by atoms with Gasteiger partial charge < -0.3 is 14.5 Å². The summed E-state index contributed by atoms with van der Waals surface area (Å²) in [4.78, 5) is 24.0. The van der Waals surface area contributed by atoms with Gasteiger partial charge in [-0.3, -0.25) is 9.59 Å². The van der Waals surface area contributed by atoms with Crippen molar-refractivity contribution in [1.29, 1.82) is 0 Å². The van der Waals surface area contributed by atoms with Crippen molar-refractivity contribution in [3.05, 3.63) is 0 Å². The molecule has 0 spiro atoms. The van der Waals surface area contributed by atoms with Gasteiger partial charge in [-0.25, -0.2) is 0 Å². The van der Waals surface area contributed by atoms with E-state index in [4.69, 9.17) is 9.16 Å². The Morgan fingerprint density at radius 2 is 2.00 bits per heavy atom. The first-order chi connectivity index (χ1) is 10.0. The molecule has 7 heteroatoms. The molecule has 0 aromatic carbocycles. The zero-order chi connectivity index (χ0) is 16.7. The molecule has 126 valence electrons.